The van der Waals surface area contributed by atoms with Gasteiger partial charge in [-0.15, -0.1) is 0 Å². The molecule has 0 aliphatic heterocycles. The maximum absolute atomic E-state index is 10.1. The van der Waals surface area contributed by atoms with E-state index >= 15 is 0 Å². The van der Waals surface area contributed by atoms with Crippen LogP contribution in [0.4, 0.5) is 0 Å². The molecular weight excluding hydrogens is 372 g/mol. The Morgan fingerprint density at radius 3 is 2.67 bits per heavy atom. The summed E-state index contributed by atoms with van der Waals surface area (Å²) in [7, 11) is 0. The predicted octanol–water partition coefficient (Wildman–Crippen LogP) is 5.70. The van der Waals surface area contributed by atoms with Crippen LogP contribution >= 0.6 is 0 Å². The van der Waals surface area contributed by atoms with Crippen molar-refractivity contribution in [2.75, 3.05) is 0 Å². The van der Waals surface area contributed by atoms with Crippen LogP contribution in [0.25, 0.3) is 0 Å². The largest absolute Gasteiger partial charge is 0.393 e. The highest BCUT2D eigenvalue weighted by Crippen LogP contribution is 2.60. The van der Waals surface area contributed by atoms with E-state index in [-0.39, 0.29) is 0 Å². The number of hydrogen-bond acceptors (Lipinski definition) is 3. The van der Waals surface area contributed by atoms with Gasteiger partial charge in [0.1, 0.15) is 0 Å². The minimum atomic E-state index is -0.615. The summed E-state index contributed by atoms with van der Waals surface area (Å²) in [6.45, 7) is 12.8. The average molecular weight is 417 g/mol. The second-order valence-corrected chi connectivity index (χ2v) is 11.3. The Hall–Kier alpha value is -0.900. The fraction of sp³-hybridized carbons (Fsp3) is 0.778. The molecule has 3 nitrogen and oxygen atoms in total. The summed E-state index contributed by atoms with van der Waals surface area (Å²) in [5, 5.41) is 30.2. The van der Waals surface area contributed by atoms with Crippen LogP contribution in [0, 0.1) is 23.2 Å². The molecule has 0 unspecified atom stereocenters. The third-order valence-electron chi connectivity index (χ3n) is 8.44. The highest BCUT2D eigenvalue weighted by molar-refractivity contribution is 5.38. The summed E-state index contributed by atoms with van der Waals surface area (Å²) in [4.78, 5) is 0. The lowest BCUT2D eigenvalue weighted by Crippen LogP contribution is -2.36. The van der Waals surface area contributed by atoms with Gasteiger partial charge in [-0.25, -0.2) is 0 Å². The van der Waals surface area contributed by atoms with Gasteiger partial charge in [0.15, 0.2) is 0 Å². The van der Waals surface area contributed by atoms with Crippen molar-refractivity contribution in [2.24, 2.45) is 23.2 Å². The van der Waals surface area contributed by atoms with E-state index in [0.29, 0.717) is 30.1 Å². The first-order valence-electron chi connectivity index (χ1n) is 12.2. The molecule has 3 N–H and O–H groups in total. The van der Waals surface area contributed by atoms with Crippen molar-refractivity contribution < 1.29 is 15.3 Å². The monoisotopic (exact) mass is 416 g/mol. The first-order valence-corrected chi connectivity index (χ1v) is 12.2. The number of aliphatic hydroxyl groups excluding tert-OH is 2. The van der Waals surface area contributed by atoms with E-state index in [9.17, 15) is 15.3 Å². The van der Waals surface area contributed by atoms with Gasteiger partial charge in [-0.1, -0.05) is 51.0 Å². The molecule has 0 aromatic carbocycles. The Morgan fingerprint density at radius 1 is 1.23 bits per heavy atom. The number of rotatable bonds is 6. The lowest BCUT2D eigenvalue weighted by atomic mass is 9.60. The molecule has 0 spiro atoms. The van der Waals surface area contributed by atoms with E-state index in [2.05, 4.69) is 32.6 Å². The number of aliphatic hydroxyl groups is 3. The molecule has 0 bridgehead atoms. The number of fused-ring (bicyclic) bond motifs is 1. The molecule has 3 heteroatoms. The van der Waals surface area contributed by atoms with Crippen LogP contribution in [0.3, 0.4) is 0 Å². The van der Waals surface area contributed by atoms with Gasteiger partial charge in [0.25, 0.3) is 0 Å². The first kappa shape index (κ1) is 23.8. The Kier molecular flexibility index (Phi) is 7.37. The second kappa shape index (κ2) is 9.30. The summed E-state index contributed by atoms with van der Waals surface area (Å²) >= 11 is 0. The lowest BCUT2D eigenvalue weighted by Gasteiger charge is -2.44. The molecule has 3 fully saturated rings. The summed E-state index contributed by atoms with van der Waals surface area (Å²) < 4.78 is 0. The zero-order chi connectivity index (χ0) is 22.1. The van der Waals surface area contributed by atoms with Gasteiger partial charge in [0, 0.05) is 6.42 Å². The second-order valence-electron chi connectivity index (χ2n) is 11.3. The third kappa shape index (κ3) is 5.29. The van der Waals surface area contributed by atoms with Gasteiger partial charge in [-0.2, -0.15) is 0 Å². The van der Waals surface area contributed by atoms with Crippen LogP contribution < -0.4 is 0 Å². The minimum absolute atomic E-state index is 0.374. The fourth-order valence-corrected chi connectivity index (χ4v) is 6.74. The maximum Gasteiger partial charge on any atom is 0.0811 e. The smallest absolute Gasteiger partial charge is 0.0811 e. The third-order valence-corrected chi connectivity index (χ3v) is 8.44. The SMILES string of the molecule is C=C1/C(=C\C=C2\CCC[C@]3(C)[C@@H]([C@@H](C)CCCC(C)(C)O)CC[C@@H]23)C[C@H](O)C[C@@H]1O. The Balaban J connectivity index is 1.70. The topological polar surface area (TPSA) is 60.7 Å². The zero-order valence-electron chi connectivity index (χ0n) is 19.7. The van der Waals surface area contributed by atoms with Gasteiger partial charge in [-0.05, 0) is 93.1 Å². The lowest BCUT2D eigenvalue weighted by molar-refractivity contribution is 0.0596. The molecule has 0 aromatic rings. The summed E-state index contributed by atoms with van der Waals surface area (Å²) in [5.74, 6) is 2.11. The Morgan fingerprint density at radius 2 is 1.97 bits per heavy atom. The van der Waals surface area contributed by atoms with E-state index in [1.54, 1.807) is 5.57 Å². The van der Waals surface area contributed by atoms with E-state index < -0.39 is 17.8 Å². The highest BCUT2D eigenvalue weighted by Gasteiger charge is 2.50. The van der Waals surface area contributed by atoms with Crippen LogP contribution in [0.5, 0.6) is 0 Å². The standard InChI is InChI=1S/C27H44O3/c1-18(8-6-14-26(3,4)30)23-12-13-24-20(9-7-15-27(23,24)5)10-11-21-16-22(28)17-25(29)19(21)2/h10-11,18,22-25,28-30H,2,6-9,12-17H2,1,3-5H3/b20-10-,21-11-/t18-,22-,23+,24-,25-,27+/m0/s1. The van der Waals surface area contributed by atoms with Crippen molar-refractivity contribution in [1.29, 1.82) is 0 Å². The van der Waals surface area contributed by atoms with E-state index in [4.69, 9.17) is 0 Å². The van der Waals surface area contributed by atoms with Gasteiger partial charge >= 0.3 is 0 Å². The quantitative estimate of drug-likeness (QED) is 0.520. The molecule has 0 heterocycles. The molecule has 30 heavy (non-hydrogen) atoms. The molecular formula is C27H44O3. The van der Waals surface area contributed by atoms with Crippen molar-refractivity contribution >= 4 is 0 Å². The number of hydrogen-bond donors (Lipinski definition) is 3. The summed E-state index contributed by atoms with van der Waals surface area (Å²) in [6.07, 6.45) is 13.9. The van der Waals surface area contributed by atoms with Gasteiger partial charge < -0.3 is 15.3 Å². The van der Waals surface area contributed by atoms with Crippen LogP contribution in [0.15, 0.2) is 35.5 Å². The van der Waals surface area contributed by atoms with Gasteiger partial charge in [0.2, 0.25) is 0 Å². The van der Waals surface area contributed by atoms with Crippen molar-refractivity contribution in [3.8, 4) is 0 Å². The molecule has 3 saturated carbocycles. The summed E-state index contributed by atoms with van der Waals surface area (Å²) in [5.41, 5.74) is 3.17. The Bertz CT molecular complexity index is 683. The van der Waals surface area contributed by atoms with Gasteiger partial charge in [0.05, 0.1) is 17.8 Å². The Labute approximate surface area is 184 Å². The van der Waals surface area contributed by atoms with Crippen LogP contribution in [-0.2, 0) is 0 Å². The number of allylic oxidation sites excluding steroid dienone is 3. The molecule has 0 aromatic heterocycles. The zero-order valence-corrected chi connectivity index (χ0v) is 19.7. The van der Waals surface area contributed by atoms with Crippen LogP contribution in [0.1, 0.15) is 91.9 Å². The first-order chi connectivity index (χ1) is 14.0. The molecule has 0 amide bonds. The highest BCUT2D eigenvalue weighted by atomic mass is 16.3. The molecule has 3 aliphatic carbocycles. The average Bonchev–Trinajstić information content (AvgIpc) is 3.00. The molecule has 0 saturated heterocycles. The fourth-order valence-electron chi connectivity index (χ4n) is 6.74. The minimum Gasteiger partial charge on any atom is -0.393 e. The van der Waals surface area contributed by atoms with E-state index in [0.717, 1.165) is 29.9 Å². The predicted molar refractivity (Wildman–Crippen MR) is 124 cm³/mol. The normalized spacial score (nSPS) is 38.8. The van der Waals surface area contributed by atoms with Crippen molar-refractivity contribution in [3.63, 3.8) is 0 Å². The summed E-state index contributed by atoms with van der Waals surface area (Å²) in [6, 6.07) is 0. The molecule has 170 valence electrons. The molecule has 3 aliphatic rings. The molecule has 3 rings (SSSR count). The maximum atomic E-state index is 10.1. The van der Waals surface area contributed by atoms with Gasteiger partial charge in [-0.3, -0.25) is 0 Å². The van der Waals surface area contributed by atoms with Crippen molar-refractivity contribution in [2.45, 2.75) is 110 Å². The van der Waals surface area contributed by atoms with E-state index in [1.807, 2.05) is 13.8 Å². The van der Waals surface area contributed by atoms with Crippen LogP contribution in [-0.4, -0.2) is 33.1 Å². The van der Waals surface area contributed by atoms with E-state index in [1.165, 1.54) is 38.5 Å². The molecule has 0 radical (unpaired) electrons. The van der Waals surface area contributed by atoms with Crippen molar-refractivity contribution in [1.82, 2.24) is 0 Å². The van der Waals surface area contributed by atoms with Crippen molar-refractivity contribution in [3.05, 3.63) is 35.5 Å². The van der Waals surface area contributed by atoms with Crippen LogP contribution in [0.2, 0.25) is 0 Å². The molecule has 6 atom stereocenters.